The molecule has 0 aliphatic heterocycles. The molecule has 0 fully saturated rings. The lowest BCUT2D eigenvalue weighted by Gasteiger charge is -2.22. The van der Waals surface area contributed by atoms with E-state index < -0.39 is 23.8 Å². The van der Waals surface area contributed by atoms with E-state index in [0.29, 0.717) is 11.1 Å². The van der Waals surface area contributed by atoms with Crippen molar-refractivity contribution in [1.29, 1.82) is 0 Å². The fourth-order valence-corrected chi connectivity index (χ4v) is 2.34. The third-order valence-electron chi connectivity index (χ3n) is 3.55. The molecule has 0 bridgehead atoms. The maximum atomic E-state index is 13.0. The van der Waals surface area contributed by atoms with Crippen molar-refractivity contribution in [1.82, 2.24) is 0 Å². The molecule has 122 valence electrons. The standard InChI is InChI=1S/C18H18F2O3/c1-2-23-18(22)16(11-12-3-7-14(19)8-4-12)17(21)13-5-9-15(20)10-6-13/h3-10,16-17,21H,2,11H2,1H3. The van der Waals surface area contributed by atoms with Crippen LogP contribution in [0.15, 0.2) is 48.5 Å². The van der Waals surface area contributed by atoms with Crippen LogP contribution in [0.25, 0.3) is 0 Å². The third kappa shape index (κ3) is 4.60. The number of benzene rings is 2. The van der Waals surface area contributed by atoms with Gasteiger partial charge in [-0.15, -0.1) is 0 Å². The zero-order chi connectivity index (χ0) is 16.8. The maximum absolute atomic E-state index is 13.0. The highest BCUT2D eigenvalue weighted by Crippen LogP contribution is 2.27. The maximum Gasteiger partial charge on any atom is 0.312 e. The molecule has 2 rings (SSSR count). The Morgan fingerprint density at radius 2 is 1.57 bits per heavy atom. The number of esters is 1. The second kappa shape index (κ2) is 7.83. The lowest BCUT2D eigenvalue weighted by Crippen LogP contribution is -2.26. The first kappa shape index (κ1) is 17.1. The Morgan fingerprint density at radius 1 is 1.04 bits per heavy atom. The van der Waals surface area contributed by atoms with Gasteiger partial charge in [0.05, 0.1) is 18.6 Å². The number of hydrogen-bond acceptors (Lipinski definition) is 3. The summed E-state index contributed by atoms with van der Waals surface area (Å²) in [7, 11) is 0. The molecule has 2 atom stereocenters. The minimum atomic E-state index is -1.14. The Morgan fingerprint density at radius 3 is 2.09 bits per heavy atom. The zero-order valence-corrected chi connectivity index (χ0v) is 12.7. The summed E-state index contributed by atoms with van der Waals surface area (Å²) in [5.74, 6) is -2.20. The van der Waals surface area contributed by atoms with Gasteiger partial charge in [-0.1, -0.05) is 24.3 Å². The Bertz CT molecular complexity index is 638. The number of aliphatic hydroxyl groups is 1. The van der Waals surface area contributed by atoms with Crippen LogP contribution in [-0.2, 0) is 16.0 Å². The van der Waals surface area contributed by atoms with Crippen LogP contribution in [0, 0.1) is 17.6 Å². The van der Waals surface area contributed by atoms with Crippen LogP contribution in [0.2, 0.25) is 0 Å². The SMILES string of the molecule is CCOC(=O)C(Cc1ccc(F)cc1)C(O)c1ccc(F)cc1. The van der Waals surface area contributed by atoms with Gasteiger partial charge in [0.25, 0.3) is 0 Å². The van der Waals surface area contributed by atoms with Gasteiger partial charge in [-0.2, -0.15) is 0 Å². The molecule has 0 aliphatic carbocycles. The lowest BCUT2D eigenvalue weighted by molar-refractivity contribution is -0.152. The van der Waals surface area contributed by atoms with E-state index in [4.69, 9.17) is 4.74 Å². The summed E-state index contributed by atoms with van der Waals surface area (Å²) in [5.41, 5.74) is 1.12. The highest BCUT2D eigenvalue weighted by molar-refractivity contribution is 5.73. The molecule has 1 N–H and O–H groups in total. The van der Waals surface area contributed by atoms with Crippen molar-refractivity contribution in [3.8, 4) is 0 Å². The fraction of sp³-hybridized carbons (Fsp3) is 0.278. The van der Waals surface area contributed by atoms with E-state index in [-0.39, 0.29) is 18.8 Å². The van der Waals surface area contributed by atoms with Gasteiger partial charge in [0, 0.05) is 0 Å². The van der Waals surface area contributed by atoms with Gasteiger partial charge in [-0.25, -0.2) is 8.78 Å². The van der Waals surface area contributed by atoms with E-state index in [0.717, 1.165) is 0 Å². The van der Waals surface area contributed by atoms with Crippen LogP contribution in [0.5, 0.6) is 0 Å². The molecule has 2 unspecified atom stereocenters. The van der Waals surface area contributed by atoms with Gasteiger partial charge in [0.1, 0.15) is 11.6 Å². The summed E-state index contributed by atoms with van der Waals surface area (Å²) in [6, 6.07) is 11.0. The van der Waals surface area contributed by atoms with Gasteiger partial charge in [-0.05, 0) is 48.7 Å². The topological polar surface area (TPSA) is 46.5 Å². The van der Waals surface area contributed by atoms with Crippen LogP contribution < -0.4 is 0 Å². The molecule has 0 amide bonds. The van der Waals surface area contributed by atoms with Crippen molar-refractivity contribution in [2.45, 2.75) is 19.4 Å². The largest absolute Gasteiger partial charge is 0.466 e. The van der Waals surface area contributed by atoms with Gasteiger partial charge in [-0.3, -0.25) is 4.79 Å². The van der Waals surface area contributed by atoms with E-state index in [9.17, 15) is 18.7 Å². The van der Waals surface area contributed by atoms with Crippen molar-refractivity contribution in [3.63, 3.8) is 0 Å². The number of carbonyl (C=O) groups excluding carboxylic acids is 1. The summed E-state index contributed by atoms with van der Waals surface area (Å²) in [5, 5.41) is 10.5. The van der Waals surface area contributed by atoms with Crippen molar-refractivity contribution < 1.29 is 23.4 Å². The molecule has 5 heteroatoms. The molecule has 2 aromatic carbocycles. The molecular formula is C18H18F2O3. The van der Waals surface area contributed by atoms with Crippen molar-refractivity contribution in [2.75, 3.05) is 6.61 Å². The monoisotopic (exact) mass is 320 g/mol. The summed E-state index contributed by atoms with van der Waals surface area (Å²) >= 11 is 0. The summed E-state index contributed by atoms with van der Waals surface area (Å²) in [4.78, 5) is 12.2. The van der Waals surface area contributed by atoms with Crippen molar-refractivity contribution >= 4 is 5.97 Å². The molecule has 0 aliphatic rings. The minimum Gasteiger partial charge on any atom is -0.466 e. The van der Waals surface area contributed by atoms with Crippen molar-refractivity contribution in [2.24, 2.45) is 5.92 Å². The molecule has 0 radical (unpaired) electrons. The number of carbonyl (C=O) groups is 1. The molecule has 3 nitrogen and oxygen atoms in total. The highest BCUT2D eigenvalue weighted by atomic mass is 19.1. The van der Waals surface area contributed by atoms with E-state index in [1.165, 1.54) is 36.4 Å². The quantitative estimate of drug-likeness (QED) is 0.830. The van der Waals surface area contributed by atoms with Crippen LogP contribution in [0.3, 0.4) is 0 Å². The normalized spacial score (nSPS) is 13.4. The number of halogens is 2. The highest BCUT2D eigenvalue weighted by Gasteiger charge is 2.29. The number of ether oxygens (including phenoxy) is 1. The second-order valence-electron chi connectivity index (χ2n) is 5.19. The first-order chi connectivity index (χ1) is 11.0. The molecule has 0 saturated heterocycles. The van der Waals surface area contributed by atoms with E-state index >= 15 is 0 Å². The van der Waals surface area contributed by atoms with Crippen molar-refractivity contribution in [3.05, 3.63) is 71.3 Å². The fourth-order valence-electron chi connectivity index (χ4n) is 2.34. The van der Waals surface area contributed by atoms with Crippen LogP contribution >= 0.6 is 0 Å². The summed E-state index contributed by atoms with van der Waals surface area (Å²) in [6.45, 7) is 1.87. The Hall–Kier alpha value is -2.27. The van der Waals surface area contributed by atoms with Crippen LogP contribution in [0.1, 0.15) is 24.2 Å². The molecule has 0 heterocycles. The van der Waals surface area contributed by atoms with Gasteiger partial charge >= 0.3 is 5.97 Å². The average molecular weight is 320 g/mol. The number of aliphatic hydroxyl groups excluding tert-OH is 1. The van der Waals surface area contributed by atoms with E-state index in [1.807, 2.05) is 0 Å². The summed E-state index contributed by atoms with van der Waals surface area (Å²) < 4.78 is 31.0. The van der Waals surface area contributed by atoms with Gasteiger partial charge in [0.2, 0.25) is 0 Å². The molecule has 0 aromatic heterocycles. The van der Waals surface area contributed by atoms with E-state index in [2.05, 4.69) is 0 Å². The van der Waals surface area contributed by atoms with Crippen LogP contribution in [-0.4, -0.2) is 17.7 Å². The molecule has 0 spiro atoms. The first-order valence-corrected chi connectivity index (χ1v) is 7.36. The molecular weight excluding hydrogens is 302 g/mol. The smallest absolute Gasteiger partial charge is 0.312 e. The predicted octanol–water partition coefficient (Wildman–Crippen LogP) is 3.42. The first-order valence-electron chi connectivity index (χ1n) is 7.36. The molecule has 2 aromatic rings. The number of hydrogen-bond donors (Lipinski definition) is 1. The Kier molecular flexibility index (Phi) is 5.82. The zero-order valence-electron chi connectivity index (χ0n) is 12.7. The Balaban J connectivity index is 2.23. The van der Waals surface area contributed by atoms with Gasteiger partial charge < -0.3 is 9.84 Å². The minimum absolute atomic E-state index is 0.189. The average Bonchev–Trinajstić information content (AvgIpc) is 2.54. The van der Waals surface area contributed by atoms with E-state index in [1.54, 1.807) is 19.1 Å². The lowest BCUT2D eigenvalue weighted by atomic mass is 9.90. The van der Waals surface area contributed by atoms with Gasteiger partial charge in [0.15, 0.2) is 0 Å². The number of rotatable bonds is 6. The second-order valence-corrected chi connectivity index (χ2v) is 5.19. The summed E-state index contributed by atoms with van der Waals surface area (Å²) in [6.07, 6.45) is -0.947. The molecule has 0 saturated carbocycles. The molecule has 23 heavy (non-hydrogen) atoms. The third-order valence-corrected chi connectivity index (χ3v) is 3.55. The van der Waals surface area contributed by atoms with Crippen LogP contribution in [0.4, 0.5) is 8.78 Å². The predicted molar refractivity (Wildman–Crippen MR) is 81.6 cm³/mol. The Labute approximate surface area is 133 Å².